The van der Waals surface area contributed by atoms with Crippen molar-refractivity contribution in [3.8, 4) is 0 Å². The molecule has 0 aliphatic carbocycles. The third kappa shape index (κ3) is 5.11. The summed E-state index contributed by atoms with van der Waals surface area (Å²) in [5.41, 5.74) is 4.25. The average Bonchev–Trinajstić information content (AvgIpc) is 2.83. The molecule has 1 aliphatic heterocycles. The number of ketones is 1. The maximum absolute atomic E-state index is 13.2. The molecule has 0 bridgehead atoms. The van der Waals surface area contributed by atoms with Gasteiger partial charge in [0.2, 0.25) is 5.91 Å². The maximum Gasteiger partial charge on any atom is 0.223 e. The molecule has 0 unspecified atom stereocenters. The van der Waals surface area contributed by atoms with Crippen LogP contribution in [0.1, 0.15) is 52.2 Å². The molecule has 0 aromatic heterocycles. The lowest BCUT2D eigenvalue weighted by molar-refractivity contribution is -0.132. The fraction of sp³-hybridized carbons (Fsp3) is 0.286. The molecule has 3 aromatic carbocycles. The second-order valence-corrected chi connectivity index (χ2v) is 8.46. The van der Waals surface area contributed by atoms with Crippen LogP contribution in [0, 0.1) is 12.8 Å². The molecule has 1 amide bonds. The minimum absolute atomic E-state index is 0.00537. The van der Waals surface area contributed by atoms with Gasteiger partial charge in [0.1, 0.15) is 0 Å². The van der Waals surface area contributed by atoms with Crippen molar-refractivity contribution >= 4 is 11.7 Å². The van der Waals surface area contributed by atoms with Crippen LogP contribution in [-0.4, -0.2) is 29.7 Å². The summed E-state index contributed by atoms with van der Waals surface area (Å²) in [7, 11) is 0. The predicted octanol–water partition coefficient (Wildman–Crippen LogP) is 5.64. The molecule has 1 saturated heterocycles. The number of hydrogen-bond acceptors (Lipinski definition) is 2. The molecule has 0 spiro atoms. The van der Waals surface area contributed by atoms with Crippen LogP contribution in [0.25, 0.3) is 0 Å². The van der Waals surface area contributed by atoms with Gasteiger partial charge in [-0.3, -0.25) is 9.59 Å². The lowest BCUT2D eigenvalue weighted by atomic mass is 9.86. The van der Waals surface area contributed by atoms with Gasteiger partial charge in [0.25, 0.3) is 0 Å². The Labute approximate surface area is 184 Å². The number of likely N-dealkylation sites (tertiary alicyclic amines) is 1. The molecule has 4 rings (SSSR count). The third-order valence-corrected chi connectivity index (χ3v) is 6.34. The van der Waals surface area contributed by atoms with E-state index in [0.29, 0.717) is 19.5 Å². The molecule has 1 heterocycles. The first kappa shape index (κ1) is 21.0. The summed E-state index contributed by atoms with van der Waals surface area (Å²) in [5, 5.41) is 0. The van der Waals surface area contributed by atoms with E-state index in [1.54, 1.807) is 0 Å². The molecule has 3 aromatic rings. The van der Waals surface area contributed by atoms with E-state index in [-0.39, 0.29) is 23.5 Å². The summed E-state index contributed by atoms with van der Waals surface area (Å²) in [6, 6.07) is 28.3. The van der Waals surface area contributed by atoms with E-state index >= 15 is 0 Å². The molecule has 1 aliphatic rings. The Hall–Kier alpha value is -3.20. The SMILES string of the molecule is Cc1ccc(C(=O)C2CCN(C(=O)CC(c3ccccc3)c3ccccc3)CC2)cc1. The standard InChI is InChI=1S/C28H29NO2/c1-21-12-14-24(15-13-21)28(31)25-16-18-29(19-17-25)27(30)20-26(22-8-4-2-5-9-22)23-10-6-3-7-11-23/h2-15,25-26H,16-20H2,1H3. The number of carbonyl (C=O) groups is 2. The van der Waals surface area contributed by atoms with Gasteiger partial charge in [0.15, 0.2) is 5.78 Å². The lowest BCUT2D eigenvalue weighted by Crippen LogP contribution is -2.40. The number of hydrogen-bond donors (Lipinski definition) is 0. The van der Waals surface area contributed by atoms with E-state index in [1.165, 1.54) is 0 Å². The van der Waals surface area contributed by atoms with E-state index in [9.17, 15) is 9.59 Å². The Balaban J connectivity index is 1.40. The quantitative estimate of drug-likeness (QED) is 0.492. The maximum atomic E-state index is 13.2. The Morgan fingerprint density at radius 3 is 1.84 bits per heavy atom. The number of nitrogens with zero attached hydrogens (tertiary/aromatic N) is 1. The van der Waals surface area contributed by atoms with Crippen molar-refractivity contribution in [2.75, 3.05) is 13.1 Å². The van der Waals surface area contributed by atoms with Gasteiger partial charge in [-0.05, 0) is 30.9 Å². The first-order valence-corrected chi connectivity index (χ1v) is 11.1. The molecule has 31 heavy (non-hydrogen) atoms. The molecule has 0 saturated carbocycles. The van der Waals surface area contributed by atoms with Crippen LogP contribution in [0.4, 0.5) is 0 Å². The molecule has 3 heteroatoms. The zero-order valence-corrected chi connectivity index (χ0v) is 18.0. The third-order valence-electron chi connectivity index (χ3n) is 6.34. The number of rotatable bonds is 6. The van der Waals surface area contributed by atoms with Gasteiger partial charge in [-0.15, -0.1) is 0 Å². The molecule has 1 fully saturated rings. The second kappa shape index (κ2) is 9.74. The molecular weight excluding hydrogens is 382 g/mol. The van der Waals surface area contributed by atoms with Gasteiger partial charge in [0, 0.05) is 36.9 Å². The summed E-state index contributed by atoms with van der Waals surface area (Å²) in [5.74, 6) is 0.421. The van der Waals surface area contributed by atoms with Crippen LogP contribution in [0.15, 0.2) is 84.9 Å². The highest BCUT2D eigenvalue weighted by atomic mass is 16.2. The summed E-state index contributed by atoms with van der Waals surface area (Å²) >= 11 is 0. The Bertz CT molecular complexity index is 964. The second-order valence-electron chi connectivity index (χ2n) is 8.46. The Morgan fingerprint density at radius 2 is 1.32 bits per heavy atom. The first-order chi connectivity index (χ1) is 15.1. The molecule has 0 atom stereocenters. The topological polar surface area (TPSA) is 37.4 Å². The van der Waals surface area contributed by atoms with E-state index in [0.717, 1.165) is 35.1 Å². The van der Waals surface area contributed by atoms with Crippen molar-refractivity contribution in [3.05, 3.63) is 107 Å². The largest absolute Gasteiger partial charge is 0.343 e. The van der Waals surface area contributed by atoms with Crippen LogP contribution in [0.2, 0.25) is 0 Å². The molecule has 158 valence electrons. The van der Waals surface area contributed by atoms with Crippen LogP contribution in [0.3, 0.4) is 0 Å². The average molecular weight is 412 g/mol. The summed E-state index contributed by atoms with van der Waals surface area (Å²) in [4.78, 5) is 28.0. The lowest BCUT2D eigenvalue weighted by Gasteiger charge is -2.32. The highest BCUT2D eigenvalue weighted by Gasteiger charge is 2.29. The molecule has 0 N–H and O–H groups in total. The van der Waals surface area contributed by atoms with Crippen molar-refractivity contribution in [1.82, 2.24) is 4.90 Å². The number of piperidine rings is 1. The molecule has 0 radical (unpaired) electrons. The van der Waals surface area contributed by atoms with Crippen LogP contribution in [0.5, 0.6) is 0 Å². The highest BCUT2D eigenvalue weighted by molar-refractivity contribution is 5.98. The van der Waals surface area contributed by atoms with Crippen molar-refractivity contribution in [2.24, 2.45) is 5.92 Å². The first-order valence-electron chi connectivity index (χ1n) is 11.1. The van der Waals surface area contributed by atoms with Crippen LogP contribution < -0.4 is 0 Å². The summed E-state index contributed by atoms with van der Waals surface area (Å²) in [6.45, 7) is 3.32. The number of Topliss-reactive ketones (excluding diaryl/α,β-unsaturated/α-hetero) is 1. The van der Waals surface area contributed by atoms with Gasteiger partial charge in [-0.25, -0.2) is 0 Å². The van der Waals surface area contributed by atoms with Gasteiger partial charge in [0.05, 0.1) is 0 Å². The fourth-order valence-corrected chi connectivity index (χ4v) is 4.45. The monoisotopic (exact) mass is 411 g/mol. The van der Waals surface area contributed by atoms with Gasteiger partial charge in [-0.2, -0.15) is 0 Å². The zero-order valence-electron chi connectivity index (χ0n) is 18.0. The summed E-state index contributed by atoms with van der Waals surface area (Å²) in [6.07, 6.45) is 1.92. The number of benzene rings is 3. The van der Waals surface area contributed by atoms with Crippen LogP contribution >= 0.6 is 0 Å². The van der Waals surface area contributed by atoms with Gasteiger partial charge >= 0.3 is 0 Å². The fourth-order valence-electron chi connectivity index (χ4n) is 4.45. The minimum atomic E-state index is 0.00537. The minimum Gasteiger partial charge on any atom is -0.343 e. The van der Waals surface area contributed by atoms with Gasteiger partial charge < -0.3 is 4.90 Å². The van der Waals surface area contributed by atoms with Crippen LogP contribution in [-0.2, 0) is 4.79 Å². The Morgan fingerprint density at radius 1 is 0.806 bits per heavy atom. The summed E-state index contributed by atoms with van der Waals surface area (Å²) < 4.78 is 0. The van der Waals surface area contributed by atoms with Gasteiger partial charge in [-0.1, -0.05) is 90.5 Å². The predicted molar refractivity (Wildman–Crippen MR) is 124 cm³/mol. The van der Waals surface area contributed by atoms with Crippen molar-refractivity contribution in [1.29, 1.82) is 0 Å². The smallest absolute Gasteiger partial charge is 0.223 e. The number of aryl methyl sites for hydroxylation is 1. The van der Waals surface area contributed by atoms with Crippen molar-refractivity contribution in [2.45, 2.75) is 32.1 Å². The Kier molecular flexibility index (Phi) is 6.61. The zero-order chi connectivity index (χ0) is 21.6. The van der Waals surface area contributed by atoms with Crippen molar-refractivity contribution in [3.63, 3.8) is 0 Å². The van der Waals surface area contributed by atoms with E-state index in [4.69, 9.17) is 0 Å². The normalized spacial score (nSPS) is 14.6. The van der Waals surface area contributed by atoms with E-state index in [2.05, 4.69) is 24.3 Å². The van der Waals surface area contributed by atoms with E-state index < -0.39 is 0 Å². The molecule has 3 nitrogen and oxygen atoms in total. The number of carbonyl (C=O) groups excluding carboxylic acids is 2. The van der Waals surface area contributed by atoms with Crippen molar-refractivity contribution < 1.29 is 9.59 Å². The van der Waals surface area contributed by atoms with E-state index in [1.807, 2.05) is 72.5 Å². The molecular formula is C28H29NO2. The number of amides is 1. The highest BCUT2D eigenvalue weighted by Crippen LogP contribution is 2.30.